The summed E-state index contributed by atoms with van der Waals surface area (Å²) in [6.45, 7) is 1.48. The summed E-state index contributed by atoms with van der Waals surface area (Å²) < 4.78 is 20.0. The normalized spacial score (nSPS) is 13.4. The molecule has 4 N–H and O–H groups in total. The molecule has 11 nitrogen and oxygen atoms in total. The first-order valence-electron chi connectivity index (χ1n) is 11.0. The zero-order valence-electron chi connectivity index (χ0n) is 18.9. The molecule has 1 aromatic carbocycles. The molecule has 0 unspecified atom stereocenters. The lowest BCUT2D eigenvalue weighted by atomic mass is 10.0. The van der Waals surface area contributed by atoms with Crippen LogP contribution in [-0.2, 0) is 27.6 Å². The molecule has 1 saturated heterocycles. The van der Waals surface area contributed by atoms with Gasteiger partial charge in [-0.3, -0.25) is 15.3 Å². The number of ether oxygens (including phenoxy) is 1. The molecule has 1 aliphatic heterocycles. The number of halogens is 1. The smallest absolute Gasteiger partial charge is 0.313 e. The topological polar surface area (TPSA) is 155 Å². The van der Waals surface area contributed by atoms with E-state index < -0.39 is 11.8 Å². The molecule has 4 rings (SSSR count). The number of aromatic amines is 1. The zero-order chi connectivity index (χ0) is 24.6. The molecule has 0 aliphatic carbocycles. The van der Waals surface area contributed by atoms with Crippen molar-refractivity contribution in [1.82, 2.24) is 20.2 Å². The van der Waals surface area contributed by atoms with Gasteiger partial charge in [-0.1, -0.05) is 23.4 Å². The molecule has 0 spiro atoms. The van der Waals surface area contributed by atoms with Crippen LogP contribution in [0, 0.1) is 11.2 Å². The third-order valence-corrected chi connectivity index (χ3v) is 5.35. The lowest BCUT2D eigenvalue weighted by molar-refractivity contribution is -0.143. The predicted octanol–water partition coefficient (Wildman–Crippen LogP) is 2.55. The van der Waals surface area contributed by atoms with Crippen molar-refractivity contribution in [2.45, 2.75) is 32.5 Å². The van der Waals surface area contributed by atoms with Crippen LogP contribution in [0.5, 0.6) is 0 Å². The molecule has 0 radical (unpaired) electrons. The number of carbonyl (C=O) groups is 1. The monoisotopic (exact) mass is 480 g/mol. The first kappa shape index (κ1) is 23.8. The summed E-state index contributed by atoms with van der Waals surface area (Å²) in [6.07, 6.45) is 5.93. The molecule has 3 heterocycles. The Balaban J connectivity index is 1.33. The van der Waals surface area contributed by atoms with Gasteiger partial charge in [0.1, 0.15) is 24.7 Å². The van der Waals surface area contributed by atoms with Crippen LogP contribution in [0.4, 0.5) is 10.3 Å². The maximum Gasteiger partial charge on any atom is 0.313 e. The van der Waals surface area contributed by atoms with Crippen molar-refractivity contribution >= 4 is 23.5 Å². The van der Waals surface area contributed by atoms with E-state index in [4.69, 9.17) is 20.7 Å². The number of aromatic nitrogens is 4. The number of rotatable bonds is 9. The molecule has 0 saturated carbocycles. The average molecular weight is 481 g/mol. The number of H-pyrrole nitrogens is 1. The highest BCUT2D eigenvalue weighted by molar-refractivity contribution is 5.94. The maximum absolute atomic E-state index is 15.0. The van der Waals surface area contributed by atoms with E-state index in [2.05, 4.69) is 25.3 Å². The van der Waals surface area contributed by atoms with Crippen LogP contribution in [0.2, 0.25) is 0 Å². The van der Waals surface area contributed by atoms with Crippen molar-refractivity contribution in [1.29, 1.82) is 5.41 Å². The summed E-state index contributed by atoms with van der Waals surface area (Å²) in [7, 11) is 0. The number of nitrogens with two attached hydrogens (primary N) is 1. The van der Waals surface area contributed by atoms with Crippen molar-refractivity contribution in [3.05, 3.63) is 59.9 Å². The number of hydrogen-bond acceptors (Lipinski definition) is 9. The van der Waals surface area contributed by atoms with Crippen molar-refractivity contribution in [3.63, 3.8) is 0 Å². The molecular weight excluding hydrogens is 455 g/mol. The second-order valence-electron chi connectivity index (χ2n) is 7.91. The Kier molecular flexibility index (Phi) is 7.60. The van der Waals surface area contributed by atoms with Crippen LogP contribution in [0.3, 0.4) is 0 Å². The first-order valence-corrected chi connectivity index (χ1v) is 11.0. The average Bonchev–Trinajstić information content (AvgIpc) is 3.37. The van der Waals surface area contributed by atoms with Crippen LogP contribution in [0.1, 0.15) is 30.5 Å². The Hall–Kier alpha value is -4.35. The highest BCUT2D eigenvalue weighted by Gasteiger charge is 2.19. The summed E-state index contributed by atoms with van der Waals surface area (Å²) in [5.41, 5.74) is 8.03. The van der Waals surface area contributed by atoms with Crippen molar-refractivity contribution in [3.8, 4) is 11.1 Å². The Bertz CT molecular complexity index is 1190. The minimum absolute atomic E-state index is 0.209. The summed E-state index contributed by atoms with van der Waals surface area (Å²) >= 11 is 0. The van der Waals surface area contributed by atoms with Crippen LogP contribution in [-0.4, -0.2) is 50.8 Å². The van der Waals surface area contributed by atoms with E-state index in [1.165, 1.54) is 6.07 Å². The van der Waals surface area contributed by atoms with Gasteiger partial charge in [-0.25, -0.2) is 14.4 Å². The number of nitrogens with one attached hydrogen (secondary N) is 2. The quantitative estimate of drug-likeness (QED) is 0.183. The fourth-order valence-electron chi connectivity index (χ4n) is 3.52. The van der Waals surface area contributed by atoms with E-state index in [1.807, 2.05) is 11.0 Å². The van der Waals surface area contributed by atoms with E-state index in [1.54, 1.807) is 30.7 Å². The van der Waals surface area contributed by atoms with Crippen molar-refractivity contribution in [2.75, 3.05) is 18.0 Å². The molecular formula is C23H25FN8O3. The summed E-state index contributed by atoms with van der Waals surface area (Å²) in [4.78, 5) is 27.9. The Morgan fingerprint density at radius 1 is 1.20 bits per heavy atom. The predicted molar refractivity (Wildman–Crippen MR) is 126 cm³/mol. The number of carbonyl (C=O) groups excluding carboxylic acids is 1. The Morgan fingerprint density at radius 2 is 1.97 bits per heavy atom. The van der Waals surface area contributed by atoms with Crippen molar-refractivity contribution in [2.24, 2.45) is 10.9 Å². The van der Waals surface area contributed by atoms with Crippen LogP contribution >= 0.6 is 0 Å². The van der Waals surface area contributed by atoms with Crippen LogP contribution < -0.4 is 10.6 Å². The van der Waals surface area contributed by atoms with Crippen LogP contribution in [0.15, 0.2) is 48.0 Å². The van der Waals surface area contributed by atoms with Gasteiger partial charge in [0.2, 0.25) is 5.95 Å². The third-order valence-electron chi connectivity index (χ3n) is 5.35. The largest absolute Gasteiger partial charge is 0.460 e. The number of anilines is 1. The highest BCUT2D eigenvalue weighted by Crippen LogP contribution is 2.26. The van der Waals surface area contributed by atoms with E-state index in [0.29, 0.717) is 36.8 Å². The lowest BCUT2D eigenvalue weighted by Crippen LogP contribution is -2.35. The minimum Gasteiger partial charge on any atom is -0.460 e. The minimum atomic E-state index is -0.686. The van der Waals surface area contributed by atoms with Gasteiger partial charge in [-0.05, 0) is 6.07 Å². The maximum atomic E-state index is 15.0. The van der Waals surface area contributed by atoms with Gasteiger partial charge >= 0.3 is 5.97 Å². The first-order chi connectivity index (χ1) is 17.0. The molecule has 0 amide bonds. The standard InChI is InChI=1S/C23H25FN8O3/c24-22-15(13-34-21(33)10-20(25)26)2-1-3-19(22)16-11-27-23(28-12-16)32-8-5-17(6-9-32)31-35-14-18-4-7-29-30-18/h1-4,7,11-12H,5-6,8-10,13-14H2,(H3,25,26)(H,29,30). The molecule has 0 atom stereocenters. The number of amidine groups is 1. The molecule has 2 aromatic heterocycles. The fourth-order valence-corrected chi connectivity index (χ4v) is 3.52. The Morgan fingerprint density at radius 3 is 2.66 bits per heavy atom. The molecule has 3 aromatic rings. The molecule has 0 bridgehead atoms. The SMILES string of the molecule is N=C(N)CC(=O)OCc1cccc(-c2cnc(N3CCC(=NOCc4ccn[nH]4)CC3)nc2)c1F. The van der Waals surface area contributed by atoms with Gasteiger partial charge in [0.15, 0.2) is 6.61 Å². The van der Waals surface area contributed by atoms with E-state index in [9.17, 15) is 4.79 Å². The highest BCUT2D eigenvalue weighted by atomic mass is 19.1. The summed E-state index contributed by atoms with van der Waals surface area (Å²) in [6, 6.07) is 6.64. The van der Waals surface area contributed by atoms with Gasteiger partial charge in [0.05, 0.1) is 11.4 Å². The molecule has 182 valence electrons. The van der Waals surface area contributed by atoms with Gasteiger partial charge < -0.3 is 20.2 Å². The van der Waals surface area contributed by atoms with Gasteiger partial charge in [-0.2, -0.15) is 5.10 Å². The number of esters is 1. The molecule has 1 aliphatic rings. The molecule has 1 fully saturated rings. The van der Waals surface area contributed by atoms with Gasteiger partial charge in [0.25, 0.3) is 0 Å². The molecule has 35 heavy (non-hydrogen) atoms. The fraction of sp³-hybridized carbons (Fsp3) is 0.304. The zero-order valence-corrected chi connectivity index (χ0v) is 18.9. The summed E-state index contributed by atoms with van der Waals surface area (Å²) in [5, 5.41) is 18.0. The summed E-state index contributed by atoms with van der Waals surface area (Å²) in [5.74, 6) is -0.958. The second-order valence-corrected chi connectivity index (χ2v) is 7.91. The van der Waals surface area contributed by atoms with Crippen molar-refractivity contribution < 1.29 is 18.8 Å². The second kappa shape index (κ2) is 11.2. The van der Waals surface area contributed by atoms with E-state index >= 15 is 4.39 Å². The molecule has 12 heteroatoms. The number of oxime groups is 1. The third kappa shape index (κ3) is 6.37. The number of piperidine rings is 1. The lowest BCUT2D eigenvalue weighted by Gasteiger charge is -2.27. The Labute approximate surface area is 200 Å². The number of hydrogen-bond donors (Lipinski definition) is 3. The van der Waals surface area contributed by atoms with Gasteiger partial charge in [-0.15, -0.1) is 0 Å². The number of benzene rings is 1. The van der Waals surface area contributed by atoms with Crippen LogP contribution in [0.25, 0.3) is 11.1 Å². The number of nitrogens with zero attached hydrogens (tertiary/aromatic N) is 5. The van der Waals surface area contributed by atoms with Gasteiger partial charge in [0, 0.05) is 61.2 Å². The van der Waals surface area contributed by atoms with E-state index in [0.717, 1.165) is 24.2 Å². The van der Waals surface area contributed by atoms with E-state index in [-0.39, 0.29) is 24.4 Å².